The number of rotatable bonds is 3. The normalized spacial score (nSPS) is 9.62. The van der Waals surface area contributed by atoms with E-state index in [0.29, 0.717) is 10.8 Å². The van der Waals surface area contributed by atoms with Crippen LogP contribution in [0.2, 0.25) is 5.02 Å². The Balaban J connectivity index is 2.54. The molecule has 7 heteroatoms. The molecule has 1 aromatic carbocycles. The molecule has 0 atom stereocenters. The fourth-order valence-corrected chi connectivity index (χ4v) is 1.75. The van der Waals surface area contributed by atoms with Crippen LogP contribution in [0.25, 0.3) is 0 Å². The summed E-state index contributed by atoms with van der Waals surface area (Å²) in [6, 6.07) is 5.08. The molecule has 0 aliphatic rings. The SMILES string of the molecule is NC(=S)NC(=O)COc1ccc(Br)cc1Cl. The highest BCUT2D eigenvalue weighted by Crippen LogP contribution is 2.27. The topological polar surface area (TPSA) is 64.3 Å². The molecule has 0 heterocycles. The predicted molar refractivity (Wildman–Crippen MR) is 69.6 cm³/mol. The molecule has 0 spiro atoms. The van der Waals surface area contributed by atoms with Crippen LogP contribution in [-0.4, -0.2) is 17.6 Å². The zero-order valence-corrected chi connectivity index (χ0v) is 11.2. The number of nitrogens with two attached hydrogens (primary N) is 1. The summed E-state index contributed by atoms with van der Waals surface area (Å²) < 4.78 is 6.01. The molecular formula is C9H8BrClN2O2S. The molecular weight excluding hydrogens is 316 g/mol. The van der Waals surface area contributed by atoms with Crippen molar-refractivity contribution in [1.82, 2.24) is 5.32 Å². The first-order valence-electron chi connectivity index (χ1n) is 4.16. The molecule has 1 rings (SSSR count). The van der Waals surface area contributed by atoms with Gasteiger partial charge in [0.1, 0.15) is 5.75 Å². The fraction of sp³-hybridized carbons (Fsp3) is 0.111. The van der Waals surface area contributed by atoms with Gasteiger partial charge < -0.3 is 15.8 Å². The molecule has 0 saturated carbocycles. The van der Waals surface area contributed by atoms with Crippen LogP contribution in [0.4, 0.5) is 0 Å². The first-order valence-corrected chi connectivity index (χ1v) is 5.74. The molecule has 16 heavy (non-hydrogen) atoms. The van der Waals surface area contributed by atoms with Crippen LogP contribution in [0.3, 0.4) is 0 Å². The van der Waals surface area contributed by atoms with Crippen molar-refractivity contribution in [3.63, 3.8) is 0 Å². The summed E-state index contributed by atoms with van der Waals surface area (Å²) in [5.41, 5.74) is 5.12. The number of hydrogen-bond acceptors (Lipinski definition) is 3. The third-order valence-electron chi connectivity index (χ3n) is 1.52. The Bertz CT molecular complexity index is 428. The van der Waals surface area contributed by atoms with E-state index >= 15 is 0 Å². The second-order valence-electron chi connectivity index (χ2n) is 2.78. The molecule has 1 amide bonds. The minimum atomic E-state index is -0.425. The lowest BCUT2D eigenvalue weighted by atomic mass is 10.3. The Morgan fingerprint density at radius 3 is 2.88 bits per heavy atom. The molecule has 0 aromatic heterocycles. The van der Waals surface area contributed by atoms with Gasteiger partial charge >= 0.3 is 0 Å². The van der Waals surface area contributed by atoms with Crippen LogP contribution in [0.1, 0.15) is 0 Å². The van der Waals surface area contributed by atoms with Crippen molar-refractivity contribution in [1.29, 1.82) is 0 Å². The lowest BCUT2D eigenvalue weighted by Gasteiger charge is -2.07. The first kappa shape index (κ1) is 13.2. The number of carbonyl (C=O) groups excluding carboxylic acids is 1. The van der Waals surface area contributed by atoms with Crippen LogP contribution >= 0.6 is 39.7 Å². The highest BCUT2D eigenvalue weighted by Gasteiger charge is 2.06. The summed E-state index contributed by atoms with van der Waals surface area (Å²) in [5, 5.41) is 2.56. The summed E-state index contributed by atoms with van der Waals surface area (Å²) in [7, 11) is 0. The Morgan fingerprint density at radius 1 is 1.62 bits per heavy atom. The van der Waals surface area contributed by atoms with Crippen LogP contribution < -0.4 is 15.8 Å². The highest BCUT2D eigenvalue weighted by atomic mass is 79.9. The molecule has 86 valence electrons. The zero-order valence-electron chi connectivity index (χ0n) is 8.00. The van der Waals surface area contributed by atoms with Crippen molar-refractivity contribution in [3.05, 3.63) is 27.7 Å². The van der Waals surface area contributed by atoms with E-state index in [4.69, 9.17) is 22.1 Å². The van der Waals surface area contributed by atoms with Gasteiger partial charge in [0.25, 0.3) is 5.91 Å². The molecule has 0 aliphatic carbocycles. The molecule has 0 saturated heterocycles. The zero-order chi connectivity index (χ0) is 12.1. The Labute approximate surface area is 111 Å². The monoisotopic (exact) mass is 322 g/mol. The average molecular weight is 324 g/mol. The van der Waals surface area contributed by atoms with Crippen LogP contribution in [0, 0.1) is 0 Å². The van der Waals surface area contributed by atoms with E-state index in [9.17, 15) is 4.79 Å². The van der Waals surface area contributed by atoms with Gasteiger partial charge in [-0.1, -0.05) is 27.5 Å². The van der Waals surface area contributed by atoms with E-state index in [-0.39, 0.29) is 11.7 Å². The number of thiocarbonyl (C=S) groups is 1. The number of halogens is 2. The standard InChI is InChI=1S/C9H8BrClN2O2S/c10-5-1-2-7(6(11)3-5)15-4-8(14)13-9(12)16/h1-3H,4H2,(H3,12,13,14,16). The lowest BCUT2D eigenvalue weighted by Crippen LogP contribution is -2.37. The van der Waals surface area contributed by atoms with Crippen molar-refractivity contribution in [3.8, 4) is 5.75 Å². The van der Waals surface area contributed by atoms with Crippen LogP contribution in [0.15, 0.2) is 22.7 Å². The predicted octanol–water partition coefficient (Wildman–Crippen LogP) is 1.84. The largest absolute Gasteiger partial charge is 0.482 e. The van der Waals surface area contributed by atoms with E-state index in [1.165, 1.54) is 0 Å². The number of amides is 1. The minimum Gasteiger partial charge on any atom is -0.482 e. The fourth-order valence-electron chi connectivity index (χ4n) is 0.909. The first-order chi connectivity index (χ1) is 7.49. The second-order valence-corrected chi connectivity index (χ2v) is 4.54. The molecule has 0 aliphatic heterocycles. The summed E-state index contributed by atoms with van der Waals surface area (Å²) in [6.45, 7) is -0.196. The maximum atomic E-state index is 11.1. The summed E-state index contributed by atoms with van der Waals surface area (Å²) in [4.78, 5) is 11.1. The molecule has 0 bridgehead atoms. The third-order valence-corrected chi connectivity index (χ3v) is 2.41. The number of hydrogen-bond donors (Lipinski definition) is 2. The third kappa shape index (κ3) is 4.34. The van der Waals surface area contributed by atoms with Gasteiger partial charge in [-0.3, -0.25) is 4.79 Å². The van der Waals surface area contributed by atoms with E-state index in [0.717, 1.165) is 4.47 Å². The maximum absolute atomic E-state index is 11.1. The van der Waals surface area contributed by atoms with E-state index in [1.54, 1.807) is 18.2 Å². The van der Waals surface area contributed by atoms with Crippen molar-refractivity contribution in [2.75, 3.05) is 6.61 Å². The summed E-state index contributed by atoms with van der Waals surface area (Å²) >= 11 is 13.6. The van der Waals surface area contributed by atoms with Gasteiger partial charge in [-0.15, -0.1) is 0 Å². The van der Waals surface area contributed by atoms with Gasteiger partial charge in [0.05, 0.1) is 5.02 Å². The van der Waals surface area contributed by atoms with Gasteiger partial charge in [-0.25, -0.2) is 0 Å². The van der Waals surface area contributed by atoms with E-state index < -0.39 is 5.91 Å². The average Bonchev–Trinajstić information content (AvgIpc) is 2.15. The Hall–Kier alpha value is -0.850. The molecule has 0 radical (unpaired) electrons. The smallest absolute Gasteiger partial charge is 0.264 e. The molecule has 0 unspecified atom stereocenters. The number of carbonyl (C=O) groups is 1. The number of benzene rings is 1. The number of nitrogens with one attached hydrogen (secondary N) is 1. The number of ether oxygens (including phenoxy) is 1. The summed E-state index contributed by atoms with van der Waals surface area (Å²) in [6.07, 6.45) is 0. The lowest BCUT2D eigenvalue weighted by molar-refractivity contribution is -0.121. The molecule has 4 nitrogen and oxygen atoms in total. The highest BCUT2D eigenvalue weighted by molar-refractivity contribution is 9.10. The Kier molecular flexibility index (Phi) is 4.98. The van der Waals surface area contributed by atoms with Gasteiger partial charge in [-0.05, 0) is 30.4 Å². The van der Waals surface area contributed by atoms with Crippen LogP contribution in [0.5, 0.6) is 5.75 Å². The van der Waals surface area contributed by atoms with Gasteiger partial charge in [-0.2, -0.15) is 0 Å². The maximum Gasteiger partial charge on any atom is 0.264 e. The minimum absolute atomic E-state index is 0.0875. The molecule has 3 N–H and O–H groups in total. The van der Waals surface area contributed by atoms with Crippen molar-refractivity contribution in [2.24, 2.45) is 5.73 Å². The van der Waals surface area contributed by atoms with Crippen molar-refractivity contribution >= 4 is 50.8 Å². The van der Waals surface area contributed by atoms with Gasteiger partial charge in [0, 0.05) is 4.47 Å². The summed E-state index contributed by atoms with van der Waals surface area (Å²) in [5.74, 6) is -0.00515. The molecule has 1 aromatic rings. The van der Waals surface area contributed by atoms with E-state index in [2.05, 4.69) is 33.5 Å². The second kappa shape index (κ2) is 6.03. The van der Waals surface area contributed by atoms with E-state index in [1.807, 2.05) is 0 Å². The van der Waals surface area contributed by atoms with Gasteiger partial charge in [0.2, 0.25) is 0 Å². The quantitative estimate of drug-likeness (QED) is 0.833. The molecule has 0 fully saturated rings. The Morgan fingerprint density at radius 2 is 2.31 bits per heavy atom. The van der Waals surface area contributed by atoms with Gasteiger partial charge in [0.15, 0.2) is 11.7 Å². The van der Waals surface area contributed by atoms with Crippen LogP contribution in [-0.2, 0) is 4.79 Å². The van der Waals surface area contributed by atoms with Crippen molar-refractivity contribution in [2.45, 2.75) is 0 Å². The van der Waals surface area contributed by atoms with Crippen molar-refractivity contribution < 1.29 is 9.53 Å².